The van der Waals surface area contributed by atoms with Crippen LogP contribution < -0.4 is 80.9 Å². The van der Waals surface area contributed by atoms with Gasteiger partial charge in [-0.3, -0.25) is 0 Å². The Labute approximate surface area is 149 Å². The zero-order valence-corrected chi connectivity index (χ0v) is 15.8. The molecule has 18 valence electrons. The molecule has 5 heteroatoms. The second-order valence-corrected chi connectivity index (χ2v) is 0. The molecule has 0 saturated heterocycles. The van der Waals surface area contributed by atoms with Gasteiger partial charge in [-0.2, -0.15) is 9.90 Å². The number of rotatable bonds is 0. The third-order valence-corrected chi connectivity index (χ3v) is 0. The van der Waals surface area contributed by atoms with Crippen molar-refractivity contribution in [2.75, 3.05) is 0 Å². The van der Waals surface area contributed by atoms with Crippen molar-refractivity contribution in [2.45, 2.75) is 0 Å². The molecular formula is H7CaKNaPZn. The fourth-order valence-electron chi connectivity index (χ4n) is 0. The molecule has 0 N–H and O–H groups in total. The summed E-state index contributed by atoms with van der Waals surface area (Å²) in [5.41, 5.74) is 0. The third-order valence-electron chi connectivity index (χ3n) is 0. The van der Waals surface area contributed by atoms with Crippen molar-refractivity contribution in [3.8, 4) is 0 Å². The number of hydrogen-bond donors (Lipinski definition) is 0. The van der Waals surface area contributed by atoms with Gasteiger partial charge in [0.05, 0.1) is 0 Å². The van der Waals surface area contributed by atoms with E-state index >= 15 is 0 Å². The molecule has 0 saturated carbocycles. The van der Waals surface area contributed by atoms with E-state index < -0.39 is 0 Å². The summed E-state index contributed by atoms with van der Waals surface area (Å²) in [7, 11) is 0. The van der Waals surface area contributed by atoms with Crippen LogP contribution >= 0.6 is 9.90 Å². The smallest absolute Gasteiger partial charge is 1.00 e. The van der Waals surface area contributed by atoms with Crippen molar-refractivity contribution in [1.29, 1.82) is 0 Å². The van der Waals surface area contributed by atoms with Gasteiger partial charge in [0, 0.05) is 19.5 Å². The summed E-state index contributed by atoms with van der Waals surface area (Å²) in [4.78, 5) is 0. The summed E-state index contributed by atoms with van der Waals surface area (Å²) in [6.45, 7) is 0. The molecule has 0 amide bonds. The first kappa shape index (κ1) is 32.5. The van der Waals surface area contributed by atoms with Gasteiger partial charge in [-0.15, -0.1) is 0 Å². The van der Waals surface area contributed by atoms with Crippen LogP contribution in [0.4, 0.5) is 0 Å². The Bertz CT molecular complexity index is 20.5. The van der Waals surface area contributed by atoms with E-state index in [1.54, 1.807) is 0 Å². The van der Waals surface area contributed by atoms with Crippen LogP contribution in [0.25, 0.3) is 0 Å². The standard InChI is InChI=1S/Ca.K.Na.H3P.Zn.4H/h;;;1H3;;;;;/q+2;2*+1;;;4*-1. The molecule has 0 radical (unpaired) electrons. The summed E-state index contributed by atoms with van der Waals surface area (Å²) < 4.78 is 0. The van der Waals surface area contributed by atoms with Crippen molar-refractivity contribution >= 4 is 47.6 Å². The molecule has 0 aromatic carbocycles. The number of hydrogen-bond acceptors (Lipinski definition) is 0. The molecule has 0 aliphatic heterocycles. The SMILES string of the molecule is P.[Ca+2].[H-].[H-].[H-].[H-].[K+].[Na+].[Zn]. The van der Waals surface area contributed by atoms with E-state index in [0.717, 1.165) is 0 Å². The predicted molar refractivity (Wildman–Crippen MR) is 21.3 cm³/mol. The van der Waals surface area contributed by atoms with Gasteiger partial charge < -0.3 is 5.71 Å². The van der Waals surface area contributed by atoms with Gasteiger partial charge >= 0.3 is 119 Å². The first-order valence-electron chi connectivity index (χ1n) is 0. The molecule has 0 aliphatic rings. The van der Waals surface area contributed by atoms with Crippen molar-refractivity contribution in [2.24, 2.45) is 0 Å². The topological polar surface area (TPSA) is 0 Å². The first-order chi connectivity index (χ1) is 0. The summed E-state index contributed by atoms with van der Waals surface area (Å²) in [5, 5.41) is 0. The molecule has 0 aliphatic carbocycles. The van der Waals surface area contributed by atoms with Gasteiger partial charge in [-0.05, 0) is 0 Å². The quantitative estimate of drug-likeness (QED) is 0.273. The monoisotopic (exact) mass is 204 g/mol. The normalized spacial score (nSPS) is 0. The Morgan fingerprint density at radius 1 is 1.20 bits per heavy atom. The van der Waals surface area contributed by atoms with Gasteiger partial charge in [0.15, 0.2) is 0 Å². The Hall–Kier alpha value is 4.95. The van der Waals surface area contributed by atoms with E-state index in [2.05, 4.69) is 0 Å². The maximum absolute atomic E-state index is 0. The maximum Gasteiger partial charge on any atom is 2.00 e. The van der Waals surface area contributed by atoms with Crippen molar-refractivity contribution in [1.82, 2.24) is 0 Å². The Morgan fingerprint density at radius 2 is 1.20 bits per heavy atom. The first-order valence-corrected chi connectivity index (χ1v) is 0. The molecule has 0 aromatic rings. The summed E-state index contributed by atoms with van der Waals surface area (Å²) >= 11 is 0. The van der Waals surface area contributed by atoms with Crippen LogP contribution in [0.5, 0.6) is 0 Å². The minimum absolute atomic E-state index is 0. The van der Waals surface area contributed by atoms with Crippen molar-refractivity contribution in [3.05, 3.63) is 0 Å². The van der Waals surface area contributed by atoms with Crippen molar-refractivity contribution in [3.63, 3.8) is 0 Å². The van der Waals surface area contributed by atoms with E-state index in [0.29, 0.717) is 0 Å². The Kier molecular flexibility index (Phi) is 150. The van der Waals surface area contributed by atoms with E-state index in [1.165, 1.54) is 0 Å². The second-order valence-electron chi connectivity index (χ2n) is 0. The van der Waals surface area contributed by atoms with E-state index in [-0.39, 0.29) is 154 Å². The molecule has 0 spiro atoms. The van der Waals surface area contributed by atoms with Crippen LogP contribution in [0.15, 0.2) is 0 Å². The molecule has 0 nitrogen and oxygen atoms in total. The largest absolute Gasteiger partial charge is 2.00 e. The van der Waals surface area contributed by atoms with Crippen LogP contribution in [0.2, 0.25) is 0 Å². The predicted octanol–water partition coefficient (Wildman–Crippen LogP) is -5.87. The maximum atomic E-state index is 0. The second kappa shape index (κ2) is 23.1. The van der Waals surface area contributed by atoms with Crippen LogP contribution in [0.1, 0.15) is 5.71 Å². The fourth-order valence-corrected chi connectivity index (χ4v) is 0. The minimum atomic E-state index is 0. The van der Waals surface area contributed by atoms with E-state index in [1.807, 2.05) is 0 Å². The Morgan fingerprint density at radius 3 is 1.20 bits per heavy atom. The molecule has 0 heterocycles. The van der Waals surface area contributed by atoms with Crippen LogP contribution in [0, 0.1) is 0 Å². The molecular weight excluding hydrogens is 199 g/mol. The molecule has 5 heavy (non-hydrogen) atoms. The van der Waals surface area contributed by atoms with Crippen LogP contribution in [-0.4, -0.2) is 37.7 Å². The fraction of sp³-hybridized carbons (Fsp3) is 0. The Balaban J connectivity index is 0. The van der Waals surface area contributed by atoms with E-state index in [9.17, 15) is 0 Å². The van der Waals surface area contributed by atoms with Crippen LogP contribution in [0.3, 0.4) is 0 Å². The van der Waals surface area contributed by atoms with Gasteiger partial charge in [0.1, 0.15) is 0 Å². The van der Waals surface area contributed by atoms with Crippen LogP contribution in [-0.2, 0) is 19.5 Å². The average molecular weight is 206 g/mol. The zero-order valence-electron chi connectivity index (χ0n) is 8.12. The van der Waals surface area contributed by atoms with Gasteiger partial charge in [0.2, 0.25) is 0 Å². The third kappa shape index (κ3) is 17.6. The summed E-state index contributed by atoms with van der Waals surface area (Å²) in [6.07, 6.45) is 0. The van der Waals surface area contributed by atoms with Gasteiger partial charge in [-0.25, -0.2) is 0 Å². The zero-order chi connectivity index (χ0) is 0. The van der Waals surface area contributed by atoms with E-state index in [4.69, 9.17) is 0 Å². The summed E-state index contributed by atoms with van der Waals surface area (Å²) in [5.74, 6) is 0. The molecule has 0 fully saturated rings. The van der Waals surface area contributed by atoms with Gasteiger partial charge in [-0.1, -0.05) is 0 Å². The molecule has 0 bridgehead atoms. The van der Waals surface area contributed by atoms with Gasteiger partial charge in [0.25, 0.3) is 0 Å². The molecule has 1 unspecified atom stereocenters. The average Bonchev–Trinajstić information content (AvgIpc) is 0. The summed E-state index contributed by atoms with van der Waals surface area (Å²) in [6, 6.07) is 0. The molecule has 1 atom stereocenters. The molecule has 0 aromatic heterocycles. The molecule has 0 rings (SSSR count). The van der Waals surface area contributed by atoms with Crippen molar-refractivity contribution < 1.29 is 106 Å². The minimum Gasteiger partial charge on any atom is -1.00 e.